The molecular weight excluding hydrogens is 455 g/mol. The molecule has 2 aliphatic carbocycles. The lowest BCUT2D eigenvalue weighted by atomic mass is 9.84. The van der Waals surface area contributed by atoms with Crippen LogP contribution in [0.25, 0.3) is 0 Å². The lowest BCUT2D eigenvalue weighted by Gasteiger charge is -2.41. The minimum atomic E-state index is -0.854. The highest BCUT2D eigenvalue weighted by molar-refractivity contribution is 5.92. The molecule has 1 aromatic carbocycles. The molecule has 2 saturated carbocycles. The number of methoxy groups -OCH3 is 1. The van der Waals surface area contributed by atoms with Crippen molar-refractivity contribution in [3.63, 3.8) is 0 Å². The number of rotatable bonds is 8. The number of likely N-dealkylation sites (tertiary alicyclic amines) is 1. The van der Waals surface area contributed by atoms with Crippen LogP contribution in [0, 0.1) is 23.6 Å². The number of halogens is 1. The summed E-state index contributed by atoms with van der Waals surface area (Å²) in [7, 11) is 1.49. The Bertz CT molecular complexity index is 1060. The Labute approximate surface area is 203 Å². The van der Waals surface area contributed by atoms with E-state index in [4.69, 9.17) is 14.2 Å². The number of benzene rings is 1. The molecule has 2 aromatic rings. The summed E-state index contributed by atoms with van der Waals surface area (Å²) in [5, 5.41) is 19.1. The molecule has 2 unspecified atom stereocenters. The van der Waals surface area contributed by atoms with Gasteiger partial charge in [0.25, 0.3) is 11.8 Å². The summed E-state index contributed by atoms with van der Waals surface area (Å²) in [6, 6.07) is 9.51. The minimum absolute atomic E-state index is 0.174. The third-order valence-electron chi connectivity index (χ3n) is 7.82. The van der Waals surface area contributed by atoms with Gasteiger partial charge in [0.2, 0.25) is 0 Å². The van der Waals surface area contributed by atoms with Crippen molar-refractivity contribution in [1.82, 2.24) is 9.88 Å². The Morgan fingerprint density at radius 2 is 1.94 bits per heavy atom. The van der Waals surface area contributed by atoms with Crippen LogP contribution in [0.4, 0.5) is 4.39 Å². The first-order chi connectivity index (χ1) is 16.9. The highest BCUT2D eigenvalue weighted by Gasteiger charge is 2.55. The fourth-order valence-electron chi connectivity index (χ4n) is 5.83. The van der Waals surface area contributed by atoms with Crippen molar-refractivity contribution < 1.29 is 33.6 Å². The van der Waals surface area contributed by atoms with Crippen LogP contribution in [0.3, 0.4) is 0 Å². The van der Waals surface area contributed by atoms with Crippen LogP contribution < -0.4 is 9.47 Å². The van der Waals surface area contributed by atoms with Gasteiger partial charge in [-0.05, 0) is 73.3 Å². The quantitative estimate of drug-likeness (QED) is 0.554. The molecule has 3 aliphatic rings. The Hall–Kier alpha value is -2.75. The van der Waals surface area contributed by atoms with E-state index in [1.54, 1.807) is 29.2 Å². The van der Waals surface area contributed by atoms with Gasteiger partial charge in [0.15, 0.2) is 5.75 Å². The predicted molar refractivity (Wildman–Crippen MR) is 123 cm³/mol. The zero-order valence-electron chi connectivity index (χ0n) is 19.7. The first kappa shape index (κ1) is 24.0. The topological polar surface area (TPSA) is 101 Å². The second-order valence-electron chi connectivity index (χ2n) is 9.70. The van der Waals surface area contributed by atoms with Crippen molar-refractivity contribution >= 4 is 5.91 Å². The van der Waals surface area contributed by atoms with Crippen LogP contribution in [0.2, 0.25) is 0 Å². The molecule has 9 heteroatoms. The molecule has 1 aromatic heterocycles. The highest BCUT2D eigenvalue weighted by Crippen LogP contribution is 2.57. The van der Waals surface area contributed by atoms with Gasteiger partial charge in [-0.3, -0.25) is 4.79 Å². The second-order valence-corrected chi connectivity index (χ2v) is 9.70. The first-order valence-electron chi connectivity index (χ1n) is 12.1. The number of aromatic nitrogens is 1. The summed E-state index contributed by atoms with van der Waals surface area (Å²) in [6.07, 6.45) is 2.35. The number of hydrogen-bond donors (Lipinski definition) is 2. The molecule has 5 rings (SSSR count). The van der Waals surface area contributed by atoms with Gasteiger partial charge in [0.1, 0.15) is 18.3 Å². The number of ether oxygens (including phenoxy) is 3. The van der Waals surface area contributed by atoms with Gasteiger partial charge in [-0.25, -0.2) is 9.37 Å². The molecule has 8 nitrogen and oxygen atoms in total. The maximum absolute atomic E-state index is 13.8. The molecule has 2 heterocycles. The molecule has 3 fully saturated rings. The molecule has 1 amide bonds. The Kier molecular flexibility index (Phi) is 6.65. The summed E-state index contributed by atoms with van der Waals surface area (Å²) in [6.45, 7) is 0.794. The summed E-state index contributed by atoms with van der Waals surface area (Å²) >= 11 is 0. The fourth-order valence-corrected chi connectivity index (χ4v) is 5.83. The number of aliphatic hydroxyl groups is 2. The molecule has 188 valence electrons. The van der Waals surface area contributed by atoms with E-state index >= 15 is 0 Å². The average molecular weight is 487 g/mol. The largest absolute Gasteiger partial charge is 0.488 e. The number of carbonyl (C=O) groups excluding carboxylic acids is 1. The number of piperidine rings is 1. The number of fused-ring (bicyclic) bond motifs is 1. The van der Waals surface area contributed by atoms with Gasteiger partial charge in [0.05, 0.1) is 25.4 Å². The zero-order chi connectivity index (χ0) is 24.6. The molecular formula is C26H31FN2O6. The van der Waals surface area contributed by atoms with Crippen molar-refractivity contribution in [2.75, 3.05) is 33.6 Å². The van der Waals surface area contributed by atoms with Gasteiger partial charge < -0.3 is 29.3 Å². The summed E-state index contributed by atoms with van der Waals surface area (Å²) in [5.41, 5.74) is 0.0457. The van der Waals surface area contributed by atoms with Crippen LogP contribution in [0.1, 0.15) is 41.7 Å². The van der Waals surface area contributed by atoms with Crippen LogP contribution in [-0.4, -0.2) is 65.7 Å². The monoisotopic (exact) mass is 486 g/mol. The molecule has 0 spiro atoms. The van der Waals surface area contributed by atoms with Gasteiger partial charge in [-0.2, -0.15) is 0 Å². The van der Waals surface area contributed by atoms with Crippen LogP contribution in [-0.2, 0) is 10.3 Å². The molecule has 35 heavy (non-hydrogen) atoms. The molecule has 1 aliphatic heterocycles. The van der Waals surface area contributed by atoms with Crippen molar-refractivity contribution in [1.29, 1.82) is 0 Å². The zero-order valence-corrected chi connectivity index (χ0v) is 19.7. The number of carbonyl (C=O) groups is 1. The van der Waals surface area contributed by atoms with Crippen molar-refractivity contribution in [2.45, 2.75) is 37.4 Å². The molecule has 2 atom stereocenters. The van der Waals surface area contributed by atoms with Crippen LogP contribution in [0.5, 0.6) is 11.6 Å². The standard InChI is InChI=1S/C26H31FN2O6/c1-33-24-23(34-14-21-19-12-18(31)13-20(19)21)6-5-22(28-24)25(32)29-9-7-26(8-10-29,35-15-30)16-3-2-4-17(27)11-16/h2-6,11,18-21,30-31H,7-10,12-15H2,1H3. The van der Waals surface area contributed by atoms with E-state index in [2.05, 4.69) is 4.98 Å². The Morgan fingerprint density at radius 3 is 2.60 bits per heavy atom. The third-order valence-corrected chi connectivity index (χ3v) is 7.82. The van der Waals surface area contributed by atoms with Crippen LogP contribution >= 0.6 is 0 Å². The van der Waals surface area contributed by atoms with Gasteiger partial charge >= 0.3 is 0 Å². The van der Waals surface area contributed by atoms with E-state index in [1.165, 1.54) is 19.2 Å². The van der Waals surface area contributed by atoms with Gasteiger partial charge in [0, 0.05) is 13.1 Å². The van der Waals surface area contributed by atoms with E-state index < -0.39 is 12.4 Å². The minimum Gasteiger partial charge on any atom is -0.488 e. The number of aliphatic hydroxyl groups excluding tert-OH is 2. The van der Waals surface area contributed by atoms with Crippen LogP contribution in [0.15, 0.2) is 36.4 Å². The van der Waals surface area contributed by atoms with E-state index in [-0.39, 0.29) is 29.4 Å². The molecule has 1 saturated heterocycles. The number of pyridine rings is 1. The highest BCUT2D eigenvalue weighted by atomic mass is 19.1. The Balaban J connectivity index is 1.22. The van der Waals surface area contributed by atoms with Gasteiger partial charge in [-0.15, -0.1) is 0 Å². The van der Waals surface area contributed by atoms with E-state index in [0.29, 0.717) is 61.6 Å². The molecule has 2 N–H and O–H groups in total. The average Bonchev–Trinajstić information content (AvgIpc) is 3.34. The Morgan fingerprint density at radius 1 is 1.20 bits per heavy atom. The lowest BCUT2D eigenvalue weighted by molar-refractivity contribution is -0.143. The fraction of sp³-hybridized carbons (Fsp3) is 0.538. The van der Waals surface area contributed by atoms with Gasteiger partial charge in [-0.1, -0.05) is 12.1 Å². The number of amides is 1. The number of hydrogen-bond acceptors (Lipinski definition) is 7. The van der Waals surface area contributed by atoms with E-state index in [0.717, 1.165) is 12.8 Å². The van der Waals surface area contributed by atoms with E-state index in [9.17, 15) is 19.4 Å². The van der Waals surface area contributed by atoms with E-state index in [1.807, 2.05) is 0 Å². The first-order valence-corrected chi connectivity index (χ1v) is 12.1. The second kappa shape index (κ2) is 9.72. The maximum atomic E-state index is 13.8. The smallest absolute Gasteiger partial charge is 0.272 e. The predicted octanol–water partition coefficient (Wildman–Crippen LogP) is 2.72. The molecule has 0 bridgehead atoms. The lowest BCUT2D eigenvalue weighted by Crippen LogP contribution is -2.46. The summed E-state index contributed by atoms with van der Waals surface area (Å²) in [4.78, 5) is 19.2. The van der Waals surface area contributed by atoms with Crippen molar-refractivity contribution in [2.24, 2.45) is 17.8 Å². The number of nitrogens with zero attached hydrogens (tertiary/aromatic N) is 2. The third kappa shape index (κ3) is 4.72. The maximum Gasteiger partial charge on any atom is 0.272 e. The van der Waals surface area contributed by atoms with Crippen molar-refractivity contribution in [3.05, 3.63) is 53.5 Å². The SMILES string of the molecule is COc1nc(C(=O)N2CCC(OCO)(c3cccc(F)c3)CC2)ccc1OCC1C2CC(O)CC12. The summed E-state index contributed by atoms with van der Waals surface area (Å²) < 4.78 is 30.8. The van der Waals surface area contributed by atoms with Crippen molar-refractivity contribution in [3.8, 4) is 11.6 Å². The molecule has 0 radical (unpaired) electrons. The normalized spacial score (nSPS) is 26.8. The summed E-state index contributed by atoms with van der Waals surface area (Å²) in [5.74, 6) is 1.68.